The molecule has 0 aliphatic carbocycles. The van der Waals surface area contributed by atoms with Gasteiger partial charge in [0.1, 0.15) is 18.5 Å². The smallest absolute Gasteiger partial charge is 0.351 e. The Morgan fingerprint density at radius 2 is 2.36 bits per heavy atom. The Kier molecular flexibility index (Phi) is 5.66. The molecule has 4 N–H and O–H groups in total. The van der Waals surface area contributed by atoms with Crippen molar-refractivity contribution in [1.82, 2.24) is 9.55 Å². The van der Waals surface area contributed by atoms with E-state index in [1.165, 1.54) is 0 Å². The average molecular weight is 399 g/mol. The number of anilines is 1. The van der Waals surface area contributed by atoms with Crippen LogP contribution in [0.25, 0.3) is 0 Å². The van der Waals surface area contributed by atoms with Crippen molar-refractivity contribution in [3.8, 4) is 0 Å². The fourth-order valence-corrected chi connectivity index (χ4v) is 3.37. The van der Waals surface area contributed by atoms with E-state index in [0.717, 1.165) is 19.2 Å². The highest BCUT2D eigenvalue weighted by Gasteiger charge is 2.60. The molecule has 2 heterocycles. The number of hydrogen-bond acceptors (Lipinski definition) is 10. The average Bonchev–Trinajstić information content (AvgIpc) is 2.67. The second kappa shape index (κ2) is 7.09. The Balaban J connectivity index is 2.19. The number of aliphatic hydroxyl groups excluding tert-OH is 1. The largest absolute Gasteiger partial charge is 0.859 e. The molecule has 0 amide bonds. The summed E-state index contributed by atoms with van der Waals surface area (Å²) in [7, 11) is -3.90. The summed E-state index contributed by atoms with van der Waals surface area (Å²) in [5.41, 5.74) is 4.19. The van der Waals surface area contributed by atoms with Gasteiger partial charge in [0, 0.05) is 12.1 Å². The molecule has 4 atom stereocenters. The van der Waals surface area contributed by atoms with Crippen LogP contribution in [0, 0.1) is 0 Å². The molecule has 14 heteroatoms. The number of alkyl halides is 2. The van der Waals surface area contributed by atoms with Crippen molar-refractivity contribution < 1.29 is 33.1 Å². The molecule has 140 valence electrons. The zero-order valence-corrected chi connectivity index (χ0v) is 14.4. The number of halogens is 2. The molecular formula is C11H14F2N4O6PS-. The predicted octanol–water partition coefficient (Wildman–Crippen LogP) is -1.27. The third-order valence-corrected chi connectivity index (χ3v) is 4.74. The third-order valence-electron chi connectivity index (χ3n) is 3.16. The molecule has 0 radical (unpaired) electrons. The summed E-state index contributed by atoms with van der Waals surface area (Å²) in [6, 6.07) is 1.11. The van der Waals surface area contributed by atoms with Gasteiger partial charge in [0.25, 0.3) is 7.07 Å². The Bertz CT molecular complexity index is 729. The maximum atomic E-state index is 14.2. The molecule has 1 aliphatic heterocycles. The van der Waals surface area contributed by atoms with Crippen LogP contribution in [0.15, 0.2) is 21.8 Å². The number of hydrogen-bond donors (Lipinski definition) is 3. The van der Waals surface area contributed by atoms with Crippen LogP contribution in [0.4, 0.5) is 14.6 Å². The third kappa shape index (κ3) is 4.43. The number of aromatic nitrogens is 2. The lowest BCUT2D eigenvalue weighted by molar-refractivity contribution is -0.215. The maximum absolute atomic E-state index is 14.2. The summed E-state index contributed by atoms with van der Waals surface area (Å²) >= 11 is 4.56. The van der Waals surface area contributed by atoms with Crippen molar-refractivity contribution in [2.75, 3.05) is 12.3 Å². The van der Waals surface area contributed by atoms with Gasteiger partial charge in [-0.15, -0.1) is 4.76 Å². The number of nitrogen functional groups attached to an aromatic ring is 1. The van der Waals surface area contributed by atoms with Crippen molar-refractivity contribution in [2.45, 2.75) is 31.3 Å². The van der Waals surface area contributed by atoms with Crippen LogP contribution in [-0.4, -0.2) is 50.2 Å². The predicted molar refractivity (Wildman–Crippen MR) is 83.3 cm³/mol. The van der Waals surface area contributed by atoms with E-state index in [2.05, 4.69) is 22.0 Å². The van der Waals surface area contributed by atoms with Crippen LogP contribution in [0.3, 0.4) is 0 Å². The van der Waals surface area contributed by atoms with E-state index in [1.54, 1.807) is 0 Å². The van der Waals surface area contributed by atoms with Gasteiger partial charge in [0.15, 0.2) is 6.10 Å². The van der Waals surface area contributed by atoms with Gasteiger partial charge in [-0.1, -0.05) is 0 Å². The number of nitrogens with two attached hydrogens (primary N) is 1. The summed E-state index contributed by atoms with van der Waals surface area (Å²) < 4.78 is 41.9. The summed E-state index contributed by atoms with van der Waals surface area (Å²) in [6.07, 6.45) is -5.23. The van der Waals surface area contributed by atoms with Crippen molar-refractivity contribution in [1.29, 1.82) is 0 Å². The van der Waals surface area contributed by atoms with Crippen LogP contribution < -0.4 is 16.5 Å². The topological polar surface area (TPSA) is 155 Å². The van der Waals surface area contributed by atoms with E-state index in [4.69, 9.17) is 15.0 Å². The molecule has 1 aromatic heterocycles. The minimum absolute atomic E-state index is 0.171. The molecule has 2 rings (SSSR count). The van der Waals surface area contributed by atoms with Crippen LogP contribution >= 0.6 is 7.07 Å². The highest BCUT2D eigenvalue weighted by molar-refractivity contribution is 8.37. The molecule has 0 saturated carbocycles. The molecule has 25 heavy (non-hydrogen) atoms. The quantitative estimate of drug-likeness (QED) is 0.238. The van der Waals surface area contributed by atoms with Crippen molar-refractivity contribution >= 4 is 31.0 Å². The van der Waals surface area contributed by atoms with Gasteiger partial charge in [-0.2, -0.15) is 13.8 Å². The molecule has 0 bridgehead atoms. The van der Waals surface area contributed by atoms with Gasteiger partial charge in [-0.3, -0.25) is 4.57 Å². The van der Waals surface area contributed by atoms with Crippen LogP contribution in [0.2, 0.25) is 0 Å². The maximum Gasteiger partial charge on any atom is 0.351 e. The minimum Gasteiger partial charge on any atom is -0.859 e. The fourth-order valence-electron chi connectivity index (χ4n) is 2.09. The highest BCUT2D eigenvalue weighted by atomic mass is 32.7. The first-order valence-electron chi connectivity index (χ1n) is 6.71. The van der Waals surface area contributed by atoms with Gasteiger partial charge in [0.05, 0.1) is 0 Å². The lowest BCUT2D eigenvalue weighted by Gasteiger charge is -2.22. The fraction of sp³-hybridized carbons (Fsp3) is 0.545. The standard InChI is InChI=1S/C11H15F2N4O6PS/c1-5(18)16-24(21,25)22-4-6-8(19)11(12,13)9(23-6)17-3-2-7(14)15-10(17)20/h2-3,6,8-9,19H,4H2,1H3,(H2,14,15,20)(H2,16,18,21,25)/p-1/t6-,8-,9-,24?/m1/s1. The van der Waals surface area contributed by atoms with E-state index in [-0.39, 0.29) is 5.82 Å². The highest BCUT2D eigenvalue weighted by Crippen LogP contribution is 2.55. The molecule has 1 fully saturated rings. The lowest BCUT2D eigenvalue weighted by Crippen LogP contribution is -2.42. The Morgan fingerprint density at radius 1 is 1.72 bits per heavy atom. The van der Waals surface area contributed by atoms with Gasteiger partial charge < -0.3 is 32.9 Å². The first kappa shape index (κ1) is 19.9. The molecular weight excluding hydrogens is 385 g/mol. The first-order chi connectivity index (χ1) is 11.4. The second-order valence-electron chi connectivity index (χ2n) is 5.09. The Labute approximate surface area is 145 Å². The van der Waals surface area contributed by atoms with Gasteiger partial charge in [-0.05, 0) is 13.0 Å². The van der Waals surface area contributed by atoms with Gasteiger partial charge in [-0.25, -0.2) is 14.2 Å². The first-order valence-corrected chi connectivity index (χ1v) is 9.34. The lowest BCUT2D eigenvalue weighted by atomic mass is 10.1. The van der Waals surface area contributed by atoms with Crippen LogP contribution in [0.1, 0.15) is 13.2 Å². The number of aliphatic hydroxyl groups is 1. The van der Waals surface area contributed by atoms with E-state index in [9.17, 15) is 28.7 Å². The second-order valence-corrected chi connectivity index (χ2v) is 7.96. The summed E-state index contributed by atoms with van der Waals surface area (Å²) in [6.45, 7) is 0.251. The molecule has 1 unspecified atom stereocenters. The SMILES string of the molecule is CC([O-])=N[P+](O)([S-])OC[C@H]1O[C@@H](n2ccc(N)nc2=O)C(F)(F)[C@@H]1O. The molecule has 1 saturated heterocycles. The van der Waals surface area contributed by atoms with Gasteiger partial charge >= 0.3 is 11.6 Å². The summed E-state index contributed by atoms with van der Waals surface area (Å²) in [5, 5.41) is 20.6. The normalized spacial score (nSPS) is 28.7. The van der Waals surface area contributed by atoms with Crippen molar-refractivity contribution in [3.05, 3.63) is 22.7 Å². The number of rotatable bonds is 5. The van der Waals surface area contributed by atoms with Crippen molar-refractivity contribution in [2.24, 2.45) is 4.76 Å². The molecule has 10 nitrogen and oxygen atoms in total. The van der Waals surface area contributed by atoms with Crippen LogP contribution in [-0.2, 0) is 21.5 Å². The van der Waals surface area contributed by atoms with E-state index in [0.29, 0.717) is 4.57 Å². The minimum atomic E-state index is -3.90. The Hall–Kier alpha value is -1.37. The number of nitrogens with zero attached hydrogens (tertiary/aromatic N) is 3. The van der Waals surface area contributed by atoms with E-state index < -0.39 is 49.6 Å². The van der Waals surface area contributed by atoms with Crippen molar-refractivity contribution in [3.63, 3.8) is 0 Å². The molecule has 0 aromatic carbocycles. The zero-order chi connectivity index (χ0) is 19.0. The van der Waals surface area contributed by atoms with E-state index >= 15 is 0 Å². The zero-order valence-electron chi connectivity index (χ0n) is 12.7. The monoisotopic (exact) mass is 399 g/mol. The summed E-state index contributed by atoms with van der Waals surface area (Å²) in [4.78, 5) is 24.6. The molecule has 1 aromatic rings. The van der Waals surface area contributed by atoms with Gasteiger partial charge in [0.2, 0.25) is 6.23 Å². The molecule has 0 spiro atoms. The van der Waals surface area contributed by atoms with Crippen LogP contribution in [0.5, 0.6) is 0 Å². The number of ether oxygens (including phenoxy) is 1. The Morgan fingerprint density at radius 3 is 2.92 bits per heavy atom. The van der Waals surface area contributed by atoms with E-state index in [1.807, 2.05) is 0 Å². The summed E-state index contributed by atoms with van der Waals surface area (Å²) in [5.74, 6) is -4.85. The molecule has 1 aliphatic rings.